The van der Waals surface area contributed by atoms with Crippen molar-refractivity contribution in [1.29, 1.82) is 0 Å². The Labute approximate surface area is 413 Å². The molecule has 10 rings (SSSR count). The van der Waals surface area contributed by atoms with Crippen molar-refractivity contribution in [3.8, 4) is 11.1 Å². The van der Waals surface area contributed by atoms with Crippen LogP contribution in [0.4, 0.5) is 0 Å². The van der Waals surface area contributed by atoms with Gasteiger partial charge in [-0.05, 0) is 0 Å². The molecular formula is C63H58Cl2Zr. The van der Waals surface area contributed by atoms with E-state index in [2.05, 4.69) is 260 Å². The van der Waals surface area contributed by atoms with Gasteiger partial charge in [0.2, 0.25) is 0 Å². The molecule has 0 heterocycles. The van der Waals surface area contributed by atoms with Gasteiger partial charge in [-0.1, -0.05) is 0 Å². The van der Waals surface area contributed by atoms with Crippen molar-refractivity contribution in [2.24, 2.45) is 0 Å². The summed E-state index contributed by atoms with van der Waals surface area (Å²) >= 11 is -3.57. The summed E-state index contributed by atoms with van der Waals surface area (Å²) in [4.78, 5) is 0. The first-order chi connectivity index (χ1) is 31.1. The third-order valence-corrected chi connectivity index (χ3v) is 21.9. The second-order valence-corrected chi connectivity index (χ2v) is 25.6. The predicted octanol–water partition coefficient (Wildman–Crippen LogP) is 16.9. The van der Waals surface area contributed by atoms with E-state index in [0.717, 1.165) is 0 Å². The van der Waals surface area contributed by atoms with Crippen LogP contribution in [0.15, 0.2) is 222 Å². The molecule has 2 aliphatic carbocycles. The van der Waals surface area contributed by atoms with Crippen molar-refractivity contribution in [1.82, 2.24) is 0 Å². The molecule has 8 aromatic carbocycles. The number of halogens is 2. The van der Waals surface area contributed by atoms with Crippen molar-refractivity contribution in [3.63, 3.8) is 0 Å². The molecule has 1 atom stereocenters. The first kappa shape index (κ1) is 47.1. The zero-order chi connectivity index (χ0) is 44.0. The molecule has 0 aliphatic heterocycles. The Morgan fingerprint density at radius 1 is 0.394 bits per heavy atom. The predicted molar refractivity (Wildman–Crippen MR) is 284 cm³/mol. The van der Waals surface area contributed by atoms with E-state index in [1.165, 1.54) is 83.5 Å². The molecule has 0 spiro atoms. The fourth-order valence-electron chi connectivity index (χ4n) is 10.3. The summed E-state index contributed by atoms with van der Waals surface area (Å²) in [7, 11) is 0. The first-order valence-corrected chi connectivity index (χ1v) is 26.8. The Bertz CT molecular complexity index is 2960. The van der Waals surface area contributed by atoms with E-state index < -0.39 is 21.3 Å². The number of allylic oxidation sites excluding steroid dienone is 4. The largest absolute Gasteiger partial charge is 0.147 e. The molecule has 0 aromatic heterocycles. The van der Waals surface area contributed by atoms with E-state index in [0.29, 0.717) is 0 Å². The fraction of sp³-hybridized carbons (Fsp3) is 0.159. The summed E-state index contributed by atoms with van der Waals surface area (Å²) in [5, 5.41) is 0. The van der Waals surface area contributed by atoms with E-state index in [4.69, 9.17) is 0 Å². The summed E-state index contributed by atoms with van der Waals surface area (Å²) < 4.78 is 3.35. The maximum atomic E-state index is 2.63. The molecule has 0 N–H and O–H groups in total. The Kier molecular flexibility index (Phi) is 13.9. The van der Waals surface area contributed by atoms with Gasteiger partial charge >= 0.3 is 392 Å². The molecule has 1 unspecified atom stereocenters. The van der Waals surface area contributed by atoms with Gasteiger partial charge in [-0.2, -0.15) is 0 Å². The van der Waals surface area contributed by atoms with Gasteiger partial charge in [0.15, 0.2) is 0 Å². The van der Waals surface area contributed by atoms with Crippen molar-refractivity contribution < 1.29 is 21.3 Å². The monoisotopic (exact) mass is 974 g/mol. The first-order valence-electron chi connectivity index (χ1n) is 22.9. The summed E-state index contributed by atoms with van der Waals surface area (Å²) in [5.41, 5.74) is 20.5. The minimum Gasteiger partial charge on any atom is -0.147 e. The normalized spacial score (nSPS) is 14.5. The molecule has 2 aliphatic rings. The zero-order valence-corrected chi connectivity index (χ0v) is 42.8. The molecule has 0 amide bonds. The average Bonchev–Trinajstić information content (AvgIpc) is 3.85. The topological polar surface area (TPSA) is 0 Å². The minimum atomic E-state index is -3.57. The summed E-state index contributed by atoms with van der Waals surface area (Å²) in [6.07, 6.45) is 0. The molecule has 0 nitrogen and oxygen atoms in total. The van der Waals surface area contributed by atoms with Crippen LogP contribution in [0.25, 0.3) is 27.8 Å². The molecule has 0 saturated carbocycles. The van der Waals surface area contributed by atoms with Crippen LogP contribution in [0.3, 0.4) is 0 Å². The van der Waals surface area contributed by atoms with Gasteiger partial charge in [0.25, 0.3) is 0 Å². The van der Waals surface area contributed by atoms with E-state index in [-0.39, 0.29) is 45.2 Å². The second-order valence-electron chi connectivity index (χ2n) is 19.6. The number of hydrogen-bond donors (Lipinski definition) is 0. The van der Waals surface area contributed by atoms with Crippen molar-refractivity contribution in [2.75, 3.05) is 0 Å². The maximum absolute atomic E-state index is 3.57. The molecular weight excluding hydrogens is 919 g/mol. The third kappa shape index (κ3) is 8.80. The van der Waals surface area contributed by atoms with Crippen LogP contribution in [0, 0.1) is 0 Å². The number of benzene rings is 8. The van der Waals surface area contributed by atoms with Gasteiger partial charge < -0.3 is 0 Å². The zero-order valence-electron chi connectivity index (χ0n) is 38.8. The molecule has 0 bridgehead atoms. The molecule has 0 saturated heterocycles. The fourth-order valence-corrected chi connectivity index (χ4v) is 20.4. The Hall–Kier alpha value is -5.43. The average molecular weight is 977 g/mol. The second kappa shape index (κ2) is 19.4. The summed E-state index contributed by atoms with van der Waals surface area (Å²) in [6.45, 7) is 14.2. The standard InChI is InChI=1S/C29H21.C21H25.C13H10.2ClH.Zr/c1-5-13-22(14-6-1)26-21-27(23-15-7-2-8-16-23)29(25-19-11-4-12-20-25)28(26)24-17-9-3-10-18-24;1-20(2,3)16-7-9-18-14(12-16)11-15-13-17(21(4,5)6)8-10-19(15)18;1-3-7-12(8-4-1)11-13-9-5-2-6-10-13;;;/h1-20,26H;7-13H,1-6H3;1-10H;2*1H;. The van der Waals surface area contributed by atoms with E-state index >= 15 is 0 Å². The van der Waals surface area contributed by atoms with Gasteiger partial charge in [-0.25, -0.2) is 0 Å². The van der Waals surface area contributed by atoms with Crippen LogP contribution in [0.2, 0.25) is 0 Å². The van der Waals surface area contributed by atoms with Crippen LogP contribution < -0.4 is 0 Å². The minimum absolute atomic E-state index is 0. The molecule has 66 heavy (non-hydrogen) atoms. The smallest absolute Gasteiger partial charge is 0.147 e. The van der Waals surface area contributed by atoms with E-state index in [1.807, 2.05) is 0 Å². The van der Waals surface area contributed by atoms with Crippen LogP contribution in [0.5, 0.6) is 0 Å². The van der Waals surface area contributed by atoms with Gasteiger partial charge in [0.05, 0.1) is 0 Å². The number of hydrogen-bond acceptors (Lipinski definition) is 0. The summed E-state index contributed by atoms with van der Waals surface area (Å²) in [6, 6.07) is 83.5. The van der Waals surface area contributed by atoms with Crippen LogP contribution in [0.1, 0.15) is 107 Å². The van der Waals surface area contributed by atoms with Crippen molar-refractivity contribution in [2.45, 2.75) is 61.9 Å². The Morgan fingerprint density at radius 3 is 1.17 bits per heavy atom. The van der Waals surface area contributed by atoms with Crippen LogP contribution >= 0.6 is 24.8 Å². The molecule has 0 fully saturated rings. The van der Waals surface area contributed by atoms with Gasteiger partial charge in [0.1, 0.15) is 0 Å². The Morgan fingerprint density at radius 2 is 0.758 bits per heavy atom. The summed E-state index contributed by atoms with van der Waals surface area (Å²) in [5.74, 6) is 0.00920. The molecule has 328 valence electrons. The number of rotatable bonds is 8. The van der Waals surface area contributed by atoms with Gasteiger partial charge in [-0.3, -0.25) is 0 Å². The molecule has 3 heteroatoms. The van der Waals surface area contributed by atoms with Crippen LogP contribution in [-0.2, 0) is 32.1 Å². The molecule has 0 radical (unpaired) electrons. The third-order valence-electron chi connectivity index (χ3n) is 13.4. The van der Waals surface area contributed by atoms with E-state index in [1.54, 1.807) is 6.49 Å². The quantitative estimate of drug-likeness (QED) is 0.142. The molecule has 8 aromatic rings. The van der Waals surface area contributed by atoms with Crippen molar-refractivity contribution >= 4 is 44.7 Å². The van der Waals surface area contributed by atoms with Gasteiger partial charge in [0, 0.05) is 0 Å². The van der Waals surface area contributed by atoms with Gasteiger partial charge in [-0.15, -0.1) is 24.8 Å². The Balaban J connectivity index is 0.00000296. The van der Waals surface area contributed by atoms with E-state index in [9.17, 15) is 0 Å². The number of fused-ring (bicyclic) bond motifs is 3. The van der Waals surface area contributed by atoms with Crippen LogP contribution in [-0.4, -0.2) is 3.21 Å². The van der Waals surface area contributed by atoms with Crippen molar-refractivity contribution in [3.05, 3.63) is 277 Å². The SMILES string of the molecule is CC(C)(C)c1ccc2c(c1)[CH]([Zr]([C]1=C(c3ccccc3)C(c3ccccc3)=C(c3ccccc3)C1c1ccccc1)=[C](c1ccccc1)c1ccccc1)c1cc(C(C)(C)C)ccc1-2.Cl.Cl. The maximum Gasteiger partial charge on any atom is -0.147 e.